The van der Waals surface area contributed by atoms with Crippen molar-refractivity contribution in [3.05, 3.63) is 75.2 Å². The van der Waals surface area contributed by atoms with Crippen molar-refractivity contribution in [1.29, 1.82) is 0 Å². The highest BCUT2D eigenvalue weighted by Gasteiger charge is 2.17. The van der Waals surface area contributed by atoms with Crippen LogP contribution in [-0.4, -0.2) is 31.1 Å². The number of nitrogens with zero attached hydrogens (tertiary/aromatic N) is 5. The summed E-state index contributed by atoms with van der Waals surface area (Å²) in [6, 6.07) is 9.05. The predicted octanol–water partition coefficient (Wildman–Crippen LogP) is 4.38. The van der Waals surface area contributed by atoms with Crippen LogP contribution < -0.4 is 5.32 Å². The number of hydrogen-bond donors (Lipinski definition) is 1. The van der Waals surface area contributed by atoms with Gasteiger partial charge in [0.1, 0.15) is 10.8 Å². The minimum absolute atomic E-state index is 0.239. The van der Waals surface area contributed by atoms with Gasteiger partial charge in [-0.3, -0.25) is 4.79 Å². The van der Waals surface area contributed by atoms with E-state index in [1.165, 1.54) is 28.2 Å². The Morgan fingerprint density at radius 2 is 2.10 bits per heavy atom. The van der Waals surface area contributed by atoms with E-state index in [0.717, 1.165) is 5.01 Å². The van der Waals surface area contributed by atoms with E-state index in [1.54, 1.807) is 37.4 Å². The summed E-state index contributed by atoms with van der Waals surface area (Å²) < 4.78 is 15.0. The van der Waals surface area contributed by atoms with E-state index in [0.29, 0.717) is 28.2 Å². The summed E-state index contributed by atoms with van der Waals surface area (Å²) in [6.07, 6.45) is 1.69. The van der Waals surface area contributed by atoms with Crippen molar-refractivity contribution in [3.8, 4) is 16.8 Å². The van der Waals surface area contributed by atoms with E-state index in [-0.39, 0.29) is 17.0 Å². The van der Waals surface area contributed by atoms with Crippen molar-refractivity contribution >= 4 is 28.8 Å². The lowest BCUT2D eigenvalue weighted by atomic mass is 10.0. The summed E-state index contributed by atoms with van der Waals surface area (Å²) in [7, 11) is 0. The Labute approximate surface area is 180 Å². The second-order valence-electron chi connectivity index (χ2n) is 6.60. The number of aryl methyl sites for hydroxylation is 1. The van der Waals surface area contributed by atoms with Crippen LogP contribution in [-0.2, 0) is 0 Å². The molecule has 0 saturated carbocycles. The number of aromatic nitrogens is 5. The van der Waals surface area contributed by atoms with Crippen LogP contribution in [0.15, 0.2) is 48.0 Å². The van der Waals surface area contributed by atoms with Crippen molar-refractivity contribution in [1.82, 2.24) is 30.5 Å². The molecule has 0 saturated heterocycles. The van der Waals surface area contributed by atoms with Crippen LogP contribution in [0.25, 0.3) is 16.8 Å². The second-order valence-corrected chi connectivity index (χ2v) is 7.93. The van der Waals surface area contributed by atoms with Crippen LogP contribution in [0.1, 0.15) is 34.2 Å². The lowest BCUT2D eigenvalue weighted by Crippen LogP contribution is -2.26. The van der Waals surface area contributed by atoms with Crippen LogP contribution in [0.3, 0.4) is 0 Å². The van der Waals surface area contributed by atoms with Crippen LogP contribution in [0.4, 0.5) is 4.39 Å². The van der Waals surface area contributed by atoms with Gasteiger partial charge in [0, 0.05) is 22.7 Å². The molecule has 0 aliphatic carbocycles. The molecule has 0 bridgehead atoms. The third-order valence-electron chi connectivity index (χ3n) is 4.46. The van der Waals surface area contributed by atoms with Gasteiger partial charge in [0.25, 0.3) is 5.91 Å². The minimum atomic E-state index is -0.438. The van der Waals surface area contributed by atoms with E-state index >= 15 is 0 Å². The maximum atomic E-state index is 13.5. The predicted molar refractivity (Wildman–Crippen MR) is 112 cm³/mol. The van der Waals surface area contributed by atoms with E-state index in [4.69, 9.17) is 11.6 Å². The fourth-order valence-corrected chi connectivity index (χ4v) is 3.93. The number of hydrogen-bond acceptors (Lipinski definition) is 6. The quantitative estimate of drug-likeness (QED) is 0.495. The molecule has 7 nitrogen and oxygen atoms in total. The molecular formula is C20H16ClFN6OS. The largest absolute Gasteiger partial charge is 0.343 e. The number of thiazole rings is 1. The molecule has 30 heavy (non-hydrogen) atoms. The van der Waals surface area contributed by atoms with Crippen molar-refractivity contribution in [2.45, 2.75) is 19.9 Å². The van der Waals surface area contributed by atoms with Crippen molar-refractivity contribution in [2.75, 3.05) is 0 Å². The van der Waals surface area contributed by atoms with E-state index in [9.17, 15) is 9.18 Å². The number of nitrogens with one attached hydrogen (secondary N) is 1. The number of benzene rings is 2. The Morgan fingerprint density at radius 1 is 1.27 bits per heavy atom. The van der Waals surface area contributed by atoms with Gasteiger partial charge < -0.3 is 5.32 Å². The van der Waals surface area contributed by atoms with Crippen LogP contribution in [0.2, 0.25) is 5.02 Å². The van der Waals surface area contributed by atoms with Gasteiger partial charge in [-0.05, 0) is 66.2 Å². The Hall–Kier alpha value is -3.17. The summed E-state index contributed by atoms with van der Waals surface area (Å²) in [4.78, 5) is 17.2. The number of carbonyl (C=O) groups is 1. The maximum Gasteiger partial charge on any atom is 0.251 e. The normalized spacial score (nSPS) is 12.0. The Balaban J connectivity index is 1.77. The molecular weight excluding hydrogens is 427 g/mol. The highest BCUT2D eigenvalue weighted by Crippen LogP contribution is 2.31. The van der Waals surface area contributed by atoms with Gasteiger partial charge in [0.15, 0.2) is 5.82 Å². The van der Waals surface area contributed by atoms with E-state index in [2.05, 4.69) is 25.8 Å². The van der Waals surface area contributed by atoms with Crippen molar-refractivity contribution in [3.63, 3.8) is 0 Å². The molecule has 2 aromatic carbocycles. The standard InChI is InChI=1S/C20H16ClFN6OS/c1-11(20-23-5-6-30-20)24-19(29)14-7-13(17-4-3-15(22)10-18(17)21)8-16(9-14)28-12(2)25-26-27-28/h3-11H,1-2H3,(H,24,29). The molecule has 4 rings (SSSR count). The zero-order valence-electron chi connectivity index (χ0n) is 16.0. The molecule has 1 unspecified atom stereocenters. The molecule has 2 aromatic heterocycles. The molecule has 0 spiro atoms. The van der Waals surface area contributed by atoms with E-state index in [1.807, 2.05) is 12.3 Å². The smallest absolute Gasteiger partial charge is 0.251 e. The lowest BCUT2D eigenvalue weighted by Gasteiger charge is -2.14. The molecule has 1 N–H and O–H groups in total. The van der Waals surface area contributed by atoms with Gasteiger partial charge in [0.05, 0.1) is 16.8 Å². The van der Waals surface area contributed by atoms with E-state index < -0.39 is 5.82 Å². The molecule has 0 radical (unpaired) electrons. The molecule has 0 aliphatic rings. The average molecular weight is 443 g/mol. The van der Waals surface area contributed by atoms with Gasteiger partial charge in [-0.25, -0.2) is 9.37 Å². The zero-order valence-corrected chi connectivity index (χ0v) is 17.6. The topological polar surface area (TPSA) is 85.6 Å². The first kappa shape index (κ1) is 20.1. The molecule has 0 aliphatic heterocycles. The fraction of sp³-hybridized carbons (Fsp3) is 0.150. The van der Waals surface area contributed by atoms with Gasteiger partial charge in [0.2, 0.25) is 0 Å². The maximum absolute atomic E-state index is 13.5. The lowest BCUT2D eigenvalue weighted by molar-refractivity contribution is 0.0940. The number of rotatable bonds is 5. The third-order valence-corrected chi connectivity index (χ3v) is 5.73. The second kappa shape index (κ2) is 8.29. The van der Waals surface area contributed by atoms with Crippen LogP contribution in [0, 0.1) is 12.7 Å². The summed E-state index contributed by atoms with van der Waals surface area (Å²) in [5.74, 6) is -0.170. The van der Waals surface area contributed by atoms with Gasteiger partial charge in [-0.1, -0.05) is 11.6 Å². The molecule has 4 aromatic rings. The molecule has 10 heteroatoms. The monoisotopic (exact) mass is 442 g/mol. The summed E-state index contributed by atoms with van der Waals surface area (Å²) in [5, 5.41) is 17.4. The fourth-order valence-electron chi connectivity index (χ4n) is 3.00. The van der Waals surface area contributed by atoms with Crippen LogP contribution >= 0.6 is 22.9 Å². The summed E-state index contributed by atoms with van der Waals surface area (Å²) in [5.41, 5.74) is 2.20. The zero-order chi connectivity index (χ0) is 21.3. The average Bonchev–Trinajstić information content (AvgIpc) is 3.39. The first-order valence-electron chi connectivity index (χ1n) is 8.98. The highest BCUT2D eigenvalue weighted by molar-refractivity contribution is 7.09. The molecule has 0 fully saturated rings. The Bertz CT molecular complexity index is 1210. The summed E-state index contributed by atoms with van der Waals surface area (Å²) >= 11 is 7.73. The highest BCUT2D eigenvalue weighted by atomic mass is 35.5. The Morgan fingerprint density at radius 3 is 2.77 bits per heavy atom. The third kappa shape index (κ3) is 4.07. The molecule has 1 amide bonds. The SMILES string of the molecule is Cc1nnnn1-c1cc(C(=O)NC(C)c2nccs2)cc(-c2ccc(F)cc2Cl)c1. The summed E-state index contributed by atoms with van der Waals surface area (Å²) in [6.45, 7) is 3.62. The van der Waals surface area contributed by atoms with Crippen molar-refractivity contribution < 1.29 is 9.18 Å². The Kier molecular flexibility index (Phi) is 5.56. The van der Waals surface area contributed by atoms with Crippen molar-refractivity contribution in [2.24, 2.45) is 0 Å². The minimum Gasteiger partial charge on any atom is -0.343 e. The number of halogens is 2. The number of tetrazole rings is 1. The first-order valence-corrected chi connectivity index (χ1v) is 10.2. The molecule has 152 valence electrons. The molecule has 1 atom stereocenters. The van der Waals surface area contributed by atoms with Gasteiger partial charge >= 0.3 is 0 Å². The number of carbonyl (C=O) groups excluding carboxylic acids is 1. The van der Waals surface area contributed by atoms with Crippen LogP contribution in [0.5, 0.6) is 0 Å². The first-order chi connectivity index (χ1) is 14.4. The van der Waals surface area contributed by atoms with Gasteiger partial charge in [-0.2, -0.15) is 4.68 Å². The van der Waals surface area contributed by atoms with Gasteiger partial charge in [-0.15, -0.1) is 16.4 Å². The molecule has 2 heterocycles. The number of amides is 1.